The molecule has 198 valence electrons. The zero-order valence-electron chi connectivity index (χ0n) is 22.1. The third-order valence-electron chi connectivity index (χ3n) is 6.93. The minimum atomic E-state index is -0.645. The molecule has 0 unspecified atom stereocenters. The molecule has 2 heterocycles. The Labute approximate surface area is 219 Å². The summed E-state index contributed by atoms with van der Waals surface area (Å²) in [6.45, 7) is 11.3. The van der Waals surface area contributed by atoms with E-state index in [2.05, 4.69) is 25.7 Å². The molecule has 0 aromatic heterocycles. The van der Waals surface area contributed by atoms with Crippen LogP contribution in [0.15, 0.2) is 54.1 Å². The van der Waals surface area contributed by atoms with Gasteiger partial charge < -0.3 is 19.5 Å². The van der Waals surface area contributed by atoms with Gasteiger partial charge in [0, 0.05) is 31.7 Å². The highest BCUT2D eigenvalue weighted by Crippen LogP contribution is 2.39. The summed E-state index contributed by atoms with van der Waals surface area (Å²) in [5.41, 5.74) is 2.61. The number of aryl methyl sites for hydroxylation is 1. The first kappa shape index (κ1) is 26.9. The fourth-order valence-electron chi connectivity index (χ4n) is 4.81. The lowest BCUT2D eigenvalue weighted by atomic mass is 9.94. The number of rotatable bonds is 10. The number of ether oxygens (including phenoxy) is 2. The van der Waals surface area contributed by atoms with Gasteiger partial charge in [-0.2, -0.15) is 0 Å². The molecule has 4 rings (SSSR count). The molecule has 7 nitrogen and oxygen atoms in total. The summed E-state index contributed by atoms with van der Waals surface area (Å²) in [6, 6.07) is 14.3. The summed E-state index contributed by atoms with van der Waals surface area (Å²) in [5, 5.41) is 11.3. The van der Waals surface area contributed by atoms with E-state index < -0.39 is 17.7 Å². The molecule has 1 amide bonds. The van der Waals surface area contributed by atoms with Crippen molar-refractivity contribution in [2.45, 2.75) is 39.7 Å². The maximum Gasteiger partial charge on any atom is 0.295 e. The van der Waals surface area contributed by atoms with E-state index >= 15 is 0 Å². The number of aliphatic hydroxyl groups is 1. The van der Waals surface area contributed by atoms with Crippen LogP contribution in [0, 0.1) is 5.92 Å². The van der Waals surface area contributed by atoms with Crippen molar-refractivity contribution in [2.75, 3.05) is 46.0 Å². The van der Waals surface area contributed by atoms with Crippen molar-refractivity contribution in [2.24, 2.45) is 5.92 Å². The second kappa shape index (κ2) is 12.4. The van der Waals surface area contributed by atoms with Gasteiger partial charge in [-0.1, -0.05) is 45.0 Å². The molecule has 0 radical (unpaired) electrons. The Morgan fingerprint density at radius 2 is 1.70 bits per heavy atom. The van der Waals surface area contributed by atoms with E-state index in [4.69, 9.17) is 9.47 Å². The van der Waals surface area contributed by atoms with Crippen LogP contribution in [0.4, 0.5) is 0 Å². The van der Waals surface area contributed by atoms with Gasteiger partial charge in [-0.3, -0.25) is 14.5 Å². The van der Waals surface area contributed by atoms with Crippen LogP contribution >= 0.6 is 0 Å². The molecule has 1 atom stereocenters. The number of nitrogens with zero attached hydrogens (tertiary/aromatic N) is 2. The van der Waals surface area contributed by atoms with Gasteiger partial charge in [-0.25, -0.2) is 0 Å². The third-order valence-corrected chi connectivity index (χ3v) is 6.93. The Morgan fingerprint density at radius 1 is 1.03 bits per heavy atom. The number of likely N-dealkylation sites (tertiary alicyclic amines) is 1. The van der Waals surface area contributed by atoms with Crippen molar-refractivity contribution in [1.82, 2.24) is 9.80 Å². The number of aliphatic hydroxyl groups excluding tert-OH is 1. The number of amides is 1. The molecular weight excluding hydrogens is 468 g/mol. The molecule has 0 spiro atoms. The summed E-state index contributed by atoms with van der Waals surface area (Å²) in [7, 11) is 0. The summed E-state index contributed by atoms with van der Waals surface area (Å²) in [6.07, 6.45) is 1.63. The molecule has 37 heavy (non-hydrogen) atoms. The van der Waals surface area contributed by atoms with Gasteiger partial charge in [-0.15, -0.1) is 0 Å². The smallest absolute Gasteiger partial charge is 0.295 e. The molecule has 7 heteroatoms. The van der Waals surface area contributed by atoms with Crippen LogP contribution in [0.1, 0.15) is 49.9 Å². The maximum absolute atomic E-state index is 13.3. The van der Waals surface area contributed by atoms with Gasteiger partial charge in [0.05, 0.1) is 31.4 Å². The van der Waals surface area contributed by atoms with Gasteiger partial charge >= 0.3 is 0 Å². The average Bonchev–Trinajstić information content (AvgIpc) is 3.17. The van der Waals surface area contributed by atoms with Crippen LogP contribution in [0.3, 0.4) is 0 Å². The standard InChI is InChI=1S/C30H38N2O5/c1-4-22-6-8-23(9-7-22)27-26(28(33)24-10-12-25(13-11-24)37-20-21(2)3)29(34)30(35)32(27)15-5-14-31-16-18-36-19-17-31/h6-13,21,27,33H,4-5,14-20H2,1-3H3/b28-26+/t27-/m0/s1. The lowest BCUT2D eigenvalue weighted by Gasteiger charge is -2.29. The molecule has 0 aliphatic carbocycles. The van der Waals surface area contributed by atoms with Crippen LogP contribution < -0.4 is 4.74 Å². The van der Waals surface area contributed by atoms with E-state index in [9.17, 15) is 14.7 Å². The fraction of sp³-hybridized carbons (Fsp3) is 0.467. The molecule has 1 N–H and O–H groups in total. The number of ketones is 1. The number of benzene rings is 2. The van der Waals surface area contributed by atoms with Crippen molar-refractivity contribution in [3.05, 3.63) is 70.8 Å². The van der Waals surface area contributed by atoms with Crippen LogP contribution in [0.25, 0.3) is 5.76 Å². The normalized spacial score (nSPS) is 20.1. The summed E-state index contributed by atoms with van der Waals surface area (Å²) < 4.78 is 11.2. The number of carbonyl (C=O) groups excluding carboxylic acids is 2. The van der Waals surface area contributed by atoms with E-state index in [1.165, 1.54) is 5.56 Å². The topological polar surface area (TPSA) is 79.3 Å². The molecule has 2 saturated heterocycles. The van der Waals surface area contributed by atoms with Crippen LogP contribution in [-0.2, 0) is 20.7 Å². The highest BCUT2D eigenvalue weighted by Gasteiger charge is 2.45. The number of Topliss-reactive ketones (excluding diaryl/α,β-unsaturated/α-hetero) is 1. The van der Waals surface area contributed by atoms with Gasteiger partial charge in [0.25, 0.3) is 11.7 Å². The predicted octanol–water partition coefficient (Wildman–Crippen LogP) is 4.43. The molecule has 0 bridgehead atoms. The van der Waals surface area contributed by atoms with Crippen LogP contribution in [0.2, 0.25) is 0 Å². The van der Waals surface area contributed by atoms with E-state index in [1.807, 2.05) is 24.3 Å². The number of carbonyl (C=O) groups is 2. The molecule has 2 fully saturated rings. The molecule has 0 saturated carbocycles. The highest BCUT2D eigenvalue weighted by atomic mass is 16.5. The SMILES string of the molecule is CCc1ccc([C@H]2/C(=C(\O)c3ccc(OCC(C)C)cc3)C(=O)C(=O)N2CCCN2CCOCC2)cc1. The monoisotopic (exact) mass is 506 g/mol. The number of hydrogen-bond acceptors (Lipinski definition) is 6. The fourth-order valence-corrected chi connectivity index (χ4v) is 4.81. The number of morpholine rings is 1. The Morgan fingerprint density at radius 3 is 2.32 bits per heavy atom. The molecule has 2 aromatic rings. The first-order valence-corrected chi connectivity index (χ1v) is 13.3. The van der Waals surface area contributed by atoms with Crippen molar-refractivity contribution >= 4 is 17.4 Å². The van der Waals surface area contributed by atoms with E-state index in [0.29, 0.717) is 30.4 Å². The van der Waals surface area contributed by atoms with E-state index in [0.717, 1.165) is 51.3 Å². The minimum Gasteiger partial charge on any atom is -0.507 e. The Bertz CT molecular complexity index is 1100. The Balaban J connectivity index is 1.62. The van der Waals surface area contributed by atoms with Crippen LogP contribution in [0.5, 0.6) is 5.75 Å². The second-order valence-corrected chi connectivity index (χ2v) is 10.1. The lowest BCUT2D eigenvalue weighted by Crippen LogP contribution is -2.38. The number of hydrogen-bond donors (Lipinski definition) is 1. The Kier molecular flexibility index (Phi) is 9.00. The van der Waals surface area contributed by atoms with Crippen molar-refractivity contribution in [3.8, 4) is 5.75 Å². The summed E-state index contributed by atoms with van der Waals surface area (Å²) in [4.78, 5) is 30.4. The van der Waals surface area contributed by atoms with E-state index in [-0.39, 0.29) is 11.3 Å². The molecule has 2 aromatic carbocycles. The van der Waals surface area contributed by atoms with Crippen LogP contribution in [-0.4, -0.2) is 72.6 Å². The third kappa shape index (κ3) is 6.40. The lowest BCUT2D eigenvalue weighted by molar-refractivity contribution is -0.140. The predicted molar refractivity (Wildman–Crippen MR) is 143 cm³/mol. The van der Waals surface area contributed by atoms with E-state index in [1.54, 1.807) is 29.2 Å². The molecule has 2 aliphatic heterocycles. The van der Waals surface area contributed by atoms with Crippen molar-refractivity contribution in [1.29, 1.82) is 0 Å². The molecular formula is C30H38N2O5. The largest absolute Gasteiger partial charge is 0.507 e. The first-order chi connectivity index (χ1) is 17.9. The van der Waals surface area contributed by atoms with Gasteiger partial charge in [0.1, 0.15) is 11.5 Å². The minimum absolute atomic E-state index is 0.136. The summed E-state index contributed by atoms with van der Waals surface area (Å²) >= 11 is 0. The zero-order chi connectivity index (χ0) is 26.4. The first-order valence-electron chi connectivity index (χ1n) is 13.3. The second-order valence-electron chi connectivity index (χ2n) is 10.1. The average molecular weight is 507 g/mol. The maximum atomic E-state index is 13.3. The Hall–Kier alpha value is -3.16. The highest BCUT2D eigenvalue weighted by molar-refractivity contribution is 6.46. The quantitative estimate of drug-likeness (QED) is 0.292. The molecule has 2 aliphatic rings. The summed E-state index contributed by atoms with van der Waals surface area (Å²) in [5.74, 6) is -0.278. The van der Waals surface area contributed by atoms with Crippen molar-refractivity contribution in [3.63, 3.8) is 0 Å². The van der Waals surface area contributed by atoms with Gasteiger partial charge in [0.15, 0.2) is 0 Å². The zero-order valence-corrected chi connectivity index (χ0v) is 22.1. The van der Waals surface area contributed by atoms with Crippen molar-refractivity contribution < 1.29 is 24.2 Å². The van der Waals surface area contributed by atoms with Gasteiger partial charge in [-0.05, 0) is 54.2 Å². The van der Waals surface area contributed by atoms with Gasteiger partial charge in [0.2, 0.25) is 0 Å².